The number of carbonyl (C=O) groups excluding carboxylic acids is 1. The van der Waals surface area contributed by atoms with Crippen molar-refractivity contribution in [3.05, 3.63) is 17.9 Å². The maximum absolute atomic E-state index is 11.8. The number of aryl methyl sites for hydroxylation is 1. The Hall–Kier alpha value is -1.78. The minimum absolute atomic E-state index is 0.178. The molecule has 0 saturated heterocycles. The molecule has 1 atom stereocenters. The van der Waals surface area contributed by atoms with E-state index in [1.54, 1.807) is 33.0 Å². The Morgan fingerprint density at radius 2 is 2.12 bits per heavy atom. The first-order chi connectivity index (χ1) is 7.41. The second-order valence-electron chi connectivity index (χ2n) is 3.78. The first kappa shape index (κ1) is 12.3. The van der Waals surface area contributed by atoms with Gasteiger partial charge in [-0.2, -0.15) is 0 Å². The molecule has 0 aliphatic heterocycles. The predicted molar refractivity (Wildman–Crippen MR) is 58.3 cm³/mol. The van der Waals surface area contributed by atoms with Crippen LogP contribution >= 0.6 is 0 Å². The monoisotopic (exact) mass is 225 g/mol. The number of carbonyl (C=O) groups is 2. The van der Waals surface area contributed by atoms with Gasteiger partial charge < -0.3 is 9.52 Å². The molecule has 1 N–H and O–H groups in total. The number of aliphatic carboxylic acids is 1. The largest absolute Gasteiger partial charge is 0.481 e. The van der Waals surface area contributed by atoms with Gasteiger partial charge in [0.2, 0.25) is 11.8 Å². The van der Waals surface area contributed by atoms with Gasteiger partial charge in [-0.05, 0) is 13.0 Å². The van der Waals surface area contributed by atoms with Gasteiger partial charge in [0.25, 0.3) is 0 Å². The van der Waals surface area contributed by atoms with Crippen molar-refractivity contribution in [3.63, 3.8) is 0 Å². The van der Waals surface area contributed by atoms with E-state index in [9.17, 15) is 9.59 Å². The third kappa shape index (κ3) is 2.85. The van der Waals surface area contributed by atoms with E-state index < -0.39 is 11.9 Å². The van der Waals surface area contributed by atoms with E-state index >= 15 is 0 Å². The molecule has 1 unspecified atom stereocenters. The number of hydrogen-bond acceptors (Lipinski definition) is 3. The average Bonchev–Trinajstić information content (AvgIpc) is 2.61. The van der Waals surface area contributed by atoms with Crippen molar-refractivity contribution in [1.29, 1.82) is 0 Å². The highest BCUT2D eigenvalue weighted by Crippen LogP contribution is 2.19. The molecule has 1 amide bonds. The van der Waals surface area contributed by atoms with E-state index in [4.69, 9.17) is 9.52 Å². The lowest BCUT2D eigenvalue weighted by atomic mass is 10.1. The Bertz CT molecular complexity index is 396. The quantitative estimate of drug-likeness (QED) is 0.845. The van der Waals surface area contributed by atoms with Crippen molar-refractivity contribution in [2.45, 2.75) is 20.3 Å². The SMILES string of the molecule is Cc1ccc(N(C)C(=O)C(C)CC(=O)O)o1. The first-order valence-electron chi connectivity index (χ1n) is 4.97. The molecule has 0 bridgehead atoms. The van der Waals surface area contributed by atoms with Gasteiger partial charge in [-0.15, -0.1) is 0 Å². The highest BCUT2D eigenvalue weighted by atomic mass is 16.4. The van der Waals surface area contributed by atoms with Crippen LogP contribution in [-0.2, 0) is 9.59 Å². The topological polar surface area (TPSA) is 70.8 Å². The highest BCUT2D eigenvalue weighted by molar-refractivity contribution is 5.94. The fourth-order valence-electron chi connectivity index (χ4n) is 1.39. The summed E-state index contributed by atoms with van der Waals surface area (Å²) in [4.78, 5) is 23.6. The predicted octanol–water partition coefficient (Wildman–Crippen LogP) is 1.66. The molecular formula is C11H15NO4. The van der Waals surface area contributed by atoms with E-state index in [1.165, 1.54) is 4.90 Å². The molecule has 1 aromatic rings. The zero-order valence-electron chi connectivity index (χ0n) is 9.56. The van der Waals surface area contributed by atoms with Crippen molar-refractivity contribution in [2.75, 3.05) is 11.9 Å². The van der Waals surface area contributed by atoms with Crippen LogP contribution in [0.15, 0.2) is 16.5 Å². The number of furan rings is 1. The lowest BCUT2D eigenvalue weighted by Crippen LogP contribution is -2.32. The highest BCUT2D eigenvalue weighted by Gasteiger charge is 2.22. The fourth-order valence-corrected chi connectivity index (χ4v) is 1.39. The zero-order chi connectivity index (χ0) is 12.3. The van der Waals surface area contributed by atoms with Crippen molar-refractivity contribution < 1.29 is 19.1 Å². The minimum Gasteiger partial charge on any atom is -0.481 e. The van der Waals surface area contributed by atoms with Crippen LogP contribution in [0.5, 0.6) is 0 Å². The summed E-state index contributed by atoms with van der Waals surface area (Å²) in [5.74, 6) is -0.671. The normalized spacial score (nSPS) is 12.2. The summed E-state index contributed by atoms with van der Waals surface area (Å²) in [5.41, 5.74) is 0. The molecule has 5 nitrogen and oxygen atoms in total. The molecule has 16 heavy (non-hydrogen) atoms. The van der Waals surface area contributed by atoms with Crippen LogP contribution < -0.4 is 4.90 Å². The van der Waals surface area contributed by atoms with Crippen LogP contribution in [0.3, 0.4) is 0 Å². The molecule has 0 radical (unpaired) electrons. The van der Waals surface area contributed by atoms with E-state index in [-0.39, 0.29) is 12.3 Å². The maximum Gasteiger partial charge on any atom is 0.304 e. The van der Waals surface area contributed by atoms with Crippen molar-refractivity contribution in [2.24, 2.45) is 5.92 Å². The van der Waals surface area contributed by atoms with Crippen molar-refractivity contribution in [1.82, 2.24) is 0 Å². The van der Waals surface area contributed by atoms with E-state index in [0.717, 1.165) is 0 Å². The smallest absolute Gasteiger partial charge is 0.304 e. The molecule has 1 aromatic heterocycles. The van der Waals surface area contributed by atoms with Gasteiger partial charge in [-0.25, -0.2) is 0 Å². The average molecular weight is 225 g/mol. The Morgan fingerprint density at radius 3 is 2.56 bits per heavy atom. The molecular weight excluding hydrogens is 210 g/mol. The van der Waals surface area contributed by atoms with Crippen LogP contribution in [0.4, 0.5) is 5.88 Å². The third-order valence-electron chi connectivity index (χ3n) is 2.29. The third-order valence-corrected chi connectivity index (χ3v) is 2.29. The maximum atomic E-state index is 11.8. The molecule has 0 aliphatic rings. The van der Waals surface area contributed by atoms with E-state index in [1.807, 2.05) is 0 Å². The molecule has 0 aliphatic carbocycles. The first-order valence-corrected chi connectivity index (χ1v) is 4.97. The number of anilines is 1. The Kier molecular flexibility index (Phi) is 3.71. The van der Waals surface area contributed by atoms with E-state index in [0.29, 0.717) is 11.6 Å². The Morgan fingerprint density at radius 1 is 1.50 bits per heavy atom. The Balaban J connectivity index is 2.70. The van der Waals surface area contributed by atoms with Gasteiger partial charge in [0.15, 0.2) is 0 Å². The van der Waals surface area contributed by atoms with Gasteiger partial charge in [0.05, 0.1) is 6.42 Å². The molecule has 0 saturated carbocycles. The lowest BCUT2D eigenvalue weighted by molar-refractivity contribution is -0.140. The van der Waals surface area contributed by atoms with Gasteiger partial charge in [0, 0.05) is 19.0 Å². The second kappa shape index (κ2) is 4.83. The fraction of sp³-hybridized carbons (Fsp3) is 0.455. The summed E-state index contributed by atoms with van der Waals surface area (Å²) >= 11 is 0. The van der Waals surface area contributed by atoms with Crippen LogP contribution in [0.25, 0.3) is 0 Å². The number of carboxylic acids is 1. The van der Waals surface area contributed by atoms with Crippen LogP contribution in [0, 0.1) is 12.8 Å². The molecule has 0 aromatic carbocycles. The number of carboxylic acid groups (broad SMARTS) is 1. The molecule has 1 heterocycles. The van der Waals surface area contributed by atoms with Crippen LogP contribution in [0.2, 0.25) is 0 Å². The van der Waals surface area contributed by atoms with Crippen LogP contribution in [0.1, 0.15) is 19.1 Å². The number of nitrogens with zero attached hydrogens (tertiary/aromatic N) is 1. The van der Waals surface area contributed by atoms with E-state index in [2.05, 4.69) is 0 Å². The van der Waals surface area contributed by atoms with Crippen molar-refractivity contribution in [3.8, 4) is 0 Å². The molecule has 88 valence electrons. The summed E-state index contributed by atoms with van der Waals surface area (Å²) in [5, 5.41) is 8.60. The molecule has 0 spiro atoms. The summed E-state index contributed by atoms with van der Waals surface area (Å²) in [7, 11) is 1.57. The second-order valence-corrected chi connectivity index (χ2v) is 3.78. The zero-order valence-corrected chi connectivity index (χ0v) is 9.56. The van der Waals surface area contributed by atoms with Gasteiger partial charge in [0.1, 0.15) is 5.76 Å². The van der Waals surface area contributed by atoms with Crippen LogP contribution in [-0.4, -0.2) is 24.0 Å². The van der Waals surface area contributed by atoms with Gasteiger partial charge in [-0.3, -0.25) is 14.5 Å². The molecule has 0 fully saturated rings. The minimum atomic E-state index is -0.982. The summed E-state index contributed by atoms with van der Waals surface area (Å²) < 4.78 is 5.28. The van der Waals surface area contributed by atoms with Gasteiger partial charge >= 0.3 is 5.97 Å². The summed E-state index contributed by atoms with van der Waals surface area (Å²) in [6.07, 6.45) is -0.178. The molecule has 5 heteroatoms. The summed E-state index contributed by atoms with van der Waals surface area (Å²) in [6, 6.07) is 3.43. The number of amides is 1. The summed E-state index contributed by atoms with van der Waals surface area (Å²) in [6.45, 7) is 3.37. The lowest BCUT2D eigenvalue weighted by Gasteiger charge is -2.17. The standard InChI is InChI=1S/C11H15NO4/c1-7(6-10(13)14)11(15)12(3)9-5-4-8(2)16-9/h4-5,7H,6H2,1-3H3,(H,13,14). The number of hydrogen-bond donors (Lipinski definition) is 1. The number of rotatable bonds is 4. The molecule has 1 rings (SSSR count). The van der Waals surface area contributed by atoms with Gasteiger partial charge in [-0.1, -0.05) is 6.92 Å². The van der Waals surface area contributed by atoms with Crippen molar-refractivity contribution >= 4 is 17.8 Å². The Labute approximate surface area is 93.7 Å².